The smallest absolute Gasteiger partial charge is 0.379 e. The molecule has 308 valence electrons. The molecule has 0 aliphatic carbocycles. The van der Waals surface area contributed by atoms with Crippen LogP contribution in [0.3, 0.4) is 0 Å². The minimum atomic E-state index is -8.91. The summed E-state index contributed by atoms with van der Waals surface area (Å²) >= 11 is 0. The molecule has 0 saturated carbocycles. The Kier molecular flexibility index (Phi) is 17.2. The Bertz CT molecular complexity index is 1300. The van der Waals surface area contributed by atoms with Gasteiger partial charge in [-0.3, -0.25) is 4.55 Å². The van der Waals surface area contributed by atoms with Gasteiger partial charge in [0, 0.05) is 19.7 Å². The molecular formula is C22H30F17NO9S2. The fourth-order valence-corrected chi connectivity index (χ4v) is 5.34. The molecule has 0 rings (SSSR count). The van der Waals surface area contributed by atoms with Crippen LogP contribution in [0, 0.1) is 0 Å². The van der Waals surface area contributed by atoms with Gasteiger partial charge in [0.15, 0.2) is 0 Å². The van der Waals surface area contributed by atoms with E-state index in [1.807, 2.05) is 0 Å². The summed E-state index contributed by atoms with van der Waals surface area (Å²) in [5.74, 6) is -52.5. The zero-order valence-electron chi connectivity index (χ0n) is 25.6. The summed E-state index contributed by atoms with van der Waals surface area (Å²) in [6.45, 7) is -3.96. The van der Waals surface area contributed by atoms with E-state index in [-0.39, 0.29) is 46.1 Å². The van der Waals surface area contributed by atoms with Gasteiger partial charge in [0.05, 0.1) is 52.0 Å². The van der Waals surface area contributed by atoms with Crippen molar-refractivity contribution in [1.29, 1.82) is 0 Å². The van der Waals surface area contributed by atoms with Crippen LogP contribution >= 0.6 is 0 Å². The van der Waals surface area contributed by atoms with Crippen molar-refractivity contribution in [2.24, 2.45) is 0 Å². The minimum absolute atomic E-state index is 0.00179. The van der Waals surface area contributed by atoms with Gasteiger partial charge in [0.25, 0.3) is 20.1 Å². The van der Waals surface area contributed by atoms with Crippen LogP contribution in [0.2, 0.25) is 0 Å². The molecule has 0 saturated heterocycles. The lowest BCUT2D eigenvalue weighted by Crippen LogP contribution is -2.75. The molecule has 0 aliphatic rings. The Balaban J connectivity index is 5.49. The Morgan fingerprint density at radius 3 is 1.18 bits per heavy atom. The average molecular weight is 840 g/mol. The number of sulfonamides is 1. The second-order valence-electron chi connectivity index (χ2n) is 9.95. The number of hydrogen-bond acceptors (Lipinski definition) is 8. The van der Waals surface area contributed by atoms with E-state index in [2.05, 4.69) is 0 Å². The summed E-state index contributed by atoms with van der Waals surface area (Å²) in [5, 5.41) is -7.64. The van der Waals surface area contributed by atoms with Crippen LogP contribution in [0.25, 0.3) is 0 Å². The number of rotatable bonds is 26. The maximum absolute atomic E-state index is 14.5. The standard InChI is InChI=1S/C22H30F17NO9S2/c1-2-4-40(5-7-47-9-11-49-13-12-48-10-8-46-6-3-14-50(41,42)43)51(44,45)22(38,39)20(33,34)18(29,30)16(25,26)15(23,24)17(27,28)19(31,32)21(35,36)37/h2-14H2,1H3,(H,41,42,43). The van der Waals surface area contributed by atoms with E-state index in [1.54, 1.807) is 0 Å². The van der Waals surface area contributed by atoms with Gasteiger partial charge < -0.3 is 18.9 Å². The second kappa shape index (κ2) is 17.7. The SMILES string of the molecule is CCCN(CCOCCOCCOCCOCCCS(=O)(=O)O)S(=O)(=O)C(F)(F)C(F)(F)C(F)(F)C(F)(F)C(F)(F)C(F)(F)C(F)(F)C(F)(F)F. The van der Waals surface area contributed by atoms with E-state index in [4.69, 9.17) is 23.5 Å². The van der Waals surface area contributed by atoms with E-state index in [0.717, 1.165) is 6.92 Å². The van der Waals surface area contributed by atoms with Crippen LogP contribution in [0.4, 0.5) is 74.6 Å². The third-order valence-corrected chi connectivity index (χ3v) is 8.88. The lowest BCUT2D eigenvalue weighted by Gasteiger charge is -2.43. The maximum atomic E-state index is 14.5. The summed E-state index contributed by atoms with van der Waals surface area (Å²) in [4.78, 5) is 0. The molecule has 0 bridgehead atoms. The highest BCUT2D eigenvalue weighted by Crippen LogP contribution is 2.64. The minimum Gasteiger partial charge on any atom is -0.379 e. The molecule has 0 amide bonds. The van der Waals surface area contributed by atoms with Crippen molar-refractivity contribution < 1.29 is 115 Å². The van der Waals surface area contributed by atoms with Gasteiger partial charge >= 0.3 is 47.0 Å². The first-order valence-corrected chi connectivity index (χ1v) is 16.7. The zero-order valence-corrected chi connectivity index (χ0v) is 27.2. The van der Waals surface area contributed by atoms with Crippen LogP contribution in [0.5, 0.6) is 0 Å². The lowest BCUT2D eigenvalue weighted by atomic mass is 9.91. The molecule has 0 aliphatic heterocycles. The van der Waals surface area contributed by atoms with Gasteiger partial charge in [0.1, 0.15) is 0 Å². The second-order valence-corrected chi connectivity index (χ2v) is 13.5. The van der Waals surface area contributed by atoms with E-state index in [9.17, 15) is 91.5 Å². The first-order chi connectivity index (χ1) is 22.7. The van der Waals surface area contributed by atoms with Crippen molar-refractivity contribution in [3.05, 3.63) is 0 Å². The normalized spacial score (nSPS) is 15.2. The fraction of sp³-hybridized carbons (Fsp3) is 1.00. The van der Waals surface area contributed by atoms with E-state index >= 15 is 0 Å². The van der Waals surface area contributed by atoms with E-state index in [0.29, 0.717) is 0 Å². The monoisotopic (exact) mass is 839 g/mol. The van der Waals surface area contributed by atoms with Crippen LogP contribution in [0.15, 0.2) is 0 Å². The number of hydrogen-bond donors (Lipinski definition) is 1. The van der Waals surface area contributed by atoms with E-state index < -0.39 is 110 Å². The molecule has 0 aromatic carbocycles. The van der Waals surface area contributed by atoms with Gasteiger partial charge in [-0.2, -0.15) is 87.4 Å². The average Bonchev–Trinajstić information content (AvgIpc) is 2.96. The molecule has 0 unspecified atom stereocenters. The molecule has 0 atom stereocenters. The molecule has 0 aromatic rings. The topological polar surface area (TPSA) is 129 Å². The van der Waals surface area contributed by atoms with Crippen molar-refractivity contribution >= 4 is 20.1 Å². The third kappa shape index (κ3) is 10.8. The largest absolute Gasteiger partial charge is 0.460 e. The predicted octanol–water partition coefficient (Wildman–Crippen LogP) is 5.34. The Hall–Kier alpha value is -1.53. The summed E-state index contributed by atoms with van der Waals surface area (Å²) in [6, 6.07) is 0. The molecule has 1 N–H and O–H groups in total. The first kappa shape index (κ1) is 49.5. The number of ether oxygens (including phenoxy) is 4. The van der Waals surface area contributed by atoms with Crippen molar-refractivity contribution in [2.75, 3.05) is 71.7 Å². The third-order valence-electron chi connectivity index (χ3n) is 6.12. The van der Waals surface area contributed by atoms with Crippen LogP contribution in [-0.4, -0.2) is 144 Å². The van der Waals surface area contributed by atoms with Crippen LogP contribution < -0.4 is 0 Å². The molecule has 0 heterocycles. The summed E-state index contributed by atoms with van der Waals surface area (Å²) in [5.41, 5.74) is 0. The number of nitrogens with zero attached hydrogens (tertiary/aromatic N) is 1. The highest BCUT2D eigenvalue weighted by Gasteiger charge is 2.96. The quantitative estimate of drug-likeness (QED) is 0.0698. The predicted molar refractivity (Wildman–Crippen MR) is 136 cm³/mol. The van der Waals surface area contributed by atoms with Gasteiger partial charge in [-0.1, -0.05) is 6.92 Å². The Labute approximate surface area is 278 Å². The van der Waals surface area contributed by atoms with Crippen molar-refractivity contribution in [3.8, 4) is 0 Å². The molecule has 0 spiro atoms. The highest BCUT2D eigenvalue weighted by molar-refractivity contribution is 7.90. The van der Waals surface area contributed by atoms with Crippen LogP contribution in [0.1, 0.15) is 19.8 Å². The maximum Gasteiger partial charge on any atom is 0.460 e. The summed E-state index contributed by atoms with van der Waals surface area (Å²) < 4.78 is 304. The molecule has 0 aromatic heterocycles. The number of halogens is 17. The summed E-state index contributed by atoms with van der Waals surface area (Å²) in [7, 11) is -11.6. The molecule has 0 fully saturated rings. The summed E-state index contributed by atoms with van der Waals surface area (Å²) in [6.07, 6.45) is -8.54. The first-order valence-electron chi connectivity index (χ1n) is 13.6. The fourth-order valence-electron chi connectivity index (χ4n) is 3.35. The lowest BCUT2D eigenvalue weighted by molar-refractivity contribution is -0.458. The molecule has 10 nitrogen and oxygen atoms in total. The van der Waals surface area contributed by atoms with Gasteiger partial charge in [-0.25, -0.2) is 8.42 Å². The zero-order chi connectivity index (χ0) is 40.6. The van der Waals surface area contributed by atoms with Crippen molar-refractivity contribution in [1.82, 2.24) is 4.31 Å². The Morgan fingerprint density at radius 2 is 0.824 bits per heavy atom. The van der Waals surface area contributed by atoms with Crippen molar-refractivity contribution in [3.63, 3.8) is 0 Å². The number of alkyl halides is 17. The van der Waals surface area contributed by atoms with E-state index in [1.165, 1.54) is 0 Å². The van der Waals surface area contributed by atoms with Crippen LogP contribution in [-0.2, 0) is 39.1 Å². The molecule has 29 heteroatoms. The van der Waals surface area contributed by atoms with Crippen molar-refractivity contribution in [2.45, 2.75) is 66.7 Å². The highest BCUT2D eigenvalue weighted by atomic mass is 32.2. The molecule has 0 radical (unpaired) electrons. The molecule has 51 heavy (non-hydrogen) atoms. The van der Waals surface area contributed by atoms with Gasteiger partial charge in [-0.15, -0.1) is 0 Å². The van der Waals surface area contributed by atoms with Gasteiger partial charge in [-0.05, 0) is 12.8 Å². The molecular weight excluding hydrogens is 809 g/mol. The van der Waals surface area contributed by atoms with Gasteiger partial charge in [0.2, 0.25) is 0 Å². The Morgan fingerprint density at radius 1 is 0.490 bits per heavy atom.